The van der Waals surface area contributed by atoms with Crippen molar-refractivity contribution in [1.29, 1.82) is 0 Å². The van der Waals surface area contributed by atoms with Crippen LogP contribution >= 0.6 is 23.2 Å². The summed E-state index contributed by atoms with van der Waals surface area (Å²) in [6.07, 6.45) is -4.69. The van der Waals surface area contributed by atoms with Crippen LogP contribution < -0.4 is 57.2 Å². The largest absolute Gasteiger partial charge is 0.508 e. The average Bonchev–Trinajstić information content (AvgIpc) is 3.61. The Morgan fingerprint density at radius 2 is 1.26 bits per heavy atom. The third kappa shape index (κ3) is 12.3. The molecule has 81 heavy (non-hydrogen) atoms. The van der Waals surface area contributed by atoms with Gasteiger partial charge in [-0.15, -0.1) is 0 Å². The number of carbonyl (C=O) groups is 8. The first-order chi connectivity index (χ1) is 38.4. The smallest absolute Gasteiger partial charge is 0.330 e. The van der Waals surface area contributed by atoms with E-state index in [2.05, 4.69) is 37.2 Å². The highest BCUT2D eigenvalue weighted by atomic mass is 35.5. The maximum atomic E-state index is 15.5. The zero-order valence-electron chi connectivity index (χ0n) is 43.2. The first-order valence-corrected chi connectivity index (χ1v) is 25.6. The minimum Gasteiger partial charge on any atom is -0.508 e. The number of rotatable bonds is 9. The molecule has 5 heterocycles. The predicted octanol–water partition coefficient (Wildman–Crippen LogP) is 2.70. The van der Waals surface area contributed by atoms with Crippen LogP contribution in [0.25, 0.3) is 11.1 Å². The van der Waals surface area contributed by atoms with Crippen LogP contribution in [-0.4, -0.2) is 116 Å². The van der Waals surface area contributed by atoms with E-state index in [4.69, 9.17) is 43.1 Å². The number of ether oxygens (including phenoxy) is 3. The molecule has 9 atom stereocenters. The number of fused-ring (bicyclic) bond motifs is 15. The van der Waals surface area contributed by atoms with Gasteiger partial charge in [-0.3, -0.25) is 33.6 Å². The van der Waals surface area contributed by atoms with Crippen LogP contribution in [0.15, 0.2) is 78.9 Å². The second-order valence-electron chi connectivity index (χ2n) is 19.6. The SMILES string of the molecule is CNC(CC(C)C)C(=O)NC1C(=O)N[C@@H](CC(N)=O)C(=O)NC2C(=O)N[C@H]3C(=O)NC(C(=O)N[C@H](C(=O)O)c4cc(O)cc(O)c4-c4cc3ccc4O)C(O)c3ccc(c(Cl)c3)Oc3cc2cc(c3OC)Oc2ccc(cc2Cl)C1O. The molecule has 15 N–H and O–H groups in total. The van der Waals surface area contributed by atoms with Gasteiger partial charge in [0.15, 0.2) is 17.5 Å². The minimum atomic E-state index is -2.17. The molecule has 5 aliphatic heterocycles. The number of aromatic hydroxyl groups is 3. The number of aliphatic hydroxyl groups is 2. The lowest BCUT2D eigenvalue weighted by atomic mass is 9.89. The molecule has 27 heteroatoms. The Hall–Kier alpha value is -8.88. The Morgan fingerprint density at radius 1 is 0.679 bits per heavy atom. The van der Waals surface area contributed by atoms with E-state index in [1.807, 2.05) is 13.8 Å². The summed E-state index contributed by atoms with van der Waals surface area (Å²) >= 11 is 13.7. The summed E-state index contributed by atoms with van der Waals surface area (Å²) in [5.41, 5.74) is 3.56. The molecule has 0 saturated heterocycles. The van der Waals surface area contributed by atoms with Gasteiger partial charge in [-0.2, -0.15) is 0 Å². The van der Waals surface area contributed by atoms with E-state index in [0.717, 1.165) is 36.4 Å². The molecule has 426 valence electrons. The Morgan fingerprint density at radius 3 is 1.83 bits per heavy atom. The van der Waals surface area contributed by atoms with Crippen molar-refractivity contribution in [1.82, 2.24) is 37.2 Å². The molecule has 25 nitrogen and oxygen atoms in total. The van der Waals surface area contributed by atoms with Gasteiger partial charge in [-0.1, -0.05) is 55.2 Å². The van der Waals surface area contributed by atoms with Gasteiger partial charge >= 0.3 is 5.97 Å². The number of nitrogens with one attached hydrogen (secondary N) is 7. The number of phenolic OH excluding ortho intramolecular Hbond substituents is 3. The third-order valence-corrected chi connectivity index (χ3v) is 14.1. The summed E-state index contributed by atoms with van der Waals surface area (Å²) in [6, 6.07) is 1.48. The number of methoxy groups -OCH3 is 1. The molecule has 0 saturated carbocycles. The van der Waals surface area contributed by atoms with Crippen molar-refractivity contribution in [2.75, 3.05) is 14.2 Å². The fraction of sp³-hybridized carbons (Fsp3) is 0.296. The quantitative estimate of drug-likeness (QED) is 0.101. The lowest BCUT2D eigenvalue weighted by Gasteiger charge is -2.31. The normalized spacial score (nSPS) is 22.3. The number of aliphatic hydroxyl groups excluding tert-OH is 2. The van der Waals surface area contributed by atoms with Crippen molar-refractivity contribution < 1.29 is 83.2 Å². The minimum absolute atomic E-state index is 0.0265. The van der Waals surface area contributed by atoms with Gasteiger partial charge in [0.05, 0.1) is 29.6 Å². The van der Waals surface area contributed by atoms with Crippen molar-refractivity contribution in [3.8, 4) is 57.1 Å². The van der Waals surface area contributed by atoms with E-state index in [-0.39, 0.29) is 73.4 Å². The summed E-state index contributed by atoms with van der Waals surface area (Å²) in [5, 5.41) is 84.8. The molecule has 0 fully saturated rings. The molecular weight excluding hydrogens is 1100 g/mol. The first-order valence-electron chi connectivity index (χ1n) is 24.8. The fourth-order valence-corrected chi connectivity index (χ4v) is 9.99. The zero-order valence-corrected chi connectivity index (χ0v) is 44.7. The van der Waals surface area contributed by atoms with Crippen molar-refractivity contribution in [2.24, 2.45) is 11.7 Å². The van der Waals surface area contributed by atoms with Crippen molar-refractivity contribution in [2.45, 2.75) is 81.2 Å². The number of phenols is 3. The molecule has 0 radical (unpaired) electrons. The van der Waals surface area contributed by atoms with Crippen LogP contribution in [0.2, 0.25) is 10.0 Å². The van der Waals surface area contributed by atoms with E-state index in [1.54, 1.807) is 0 Å². The number of primary amides is 1. The first kappa shape index (κ1) is 58.3. The number of carbonyl (C=O) groups excluding carboxylic acids is 7. The van der Waals surface area contributed by atoms with Crippen LogP contribution in [0.4, 0.5) is 0 Å². The lowest BCUT2D eigenvalue weighted by molar-refractivity contribution is -0.143. The number of benzene rings is 5. The standard InChI is InChI=1S/C54H54Cl2N8O17/c1-20(2)11-30(58-3)48(71)63-43-45(69)22-6-9-34(28(55)13-22)80-36-15-24-16-37(47(36)79-4)81-35-10-7-23(14-29(35)56)46(70)44-53(76)62-42(54(77)78)27-17-25(65)18-33(67)39(27)26-12-21(5-8-32(26)66)40(50(73)64-44)61-51(74)41(24)60-49(72)31(19-38(57)68)59-52(43)75/h5-10,12-18,20,30-31,40-46,58,65-67,69-70H,11,19H2,1-4H3,(H2,57,68)(H,59,75)(H,60,72)(H,61,74)(H,62,76)(H,63,71)(H,64,73)(H,77,78)/t30?,31-,40+,41?,42-,43?,44?,45?,46?/m0/s1. The van der Waals surface area contributed by atoms with E-state index >= 15 is 9.59 Å². The number of amides is 7. The number of halogens is 2. The van der Waals surface area contributed by atoms with E-state index in [1.165, 1.54) is 56.6 Å². The highest BCUT2D eigenvalue weighted by Gasteiger charge is 2.42. The van der Waals surface area contributed by atoms with Gasteiger partial charge in [0.25, 0.3) is 0 Å². The second-order valence-corrected chi connectivity index (χ2v) is 20.4. The monoisotopic (exact) mass is 1160 g/mol. The highest BCUT2D eigenvalue weighted by Crippen LogP contribution is 2.48. The van der Waals surface area contributed by atoms with Gasteiger partial charge < -0.3 is 87.8 Å². The van der Waals surface area contributed by atoms with Crippen molar-refractivity contribution in [3.63, 3.8) is 0 Å². The maximum Gasteiger partial charge on any atom is 0.330 e. The van der Waals surface area contributed by atoms with Gasteiger partial charge in [0.1, 0.15) is 71.2 Å². The Kier molecular flexibility index (Phi) is 17.1. The third-order valence-electron chi connectivity index (χ3n) is 13.5. The summed E-state index contributed by atoms with van der Waals surface area (Å²) < 4.78 is 18.5. The molecule has 5 aromatic carbocycles. The van der Waals surface area contributed by atoms with Crippen LogP contribution in [0.1, 0.15) is 84.8 Å². The molecular formula is C54H54Cl2N8O17. The number of likely N-dealkylation sites (N-methyl/N-ethyl adjacent to an activating group) is 1. The molecule has 0 aliphatic carbocycles. The van der Waals surface area contributed by atoms with Crippen molar-refractivity contribution in [3.05, 3.63) is 117 Å². The highest BCUT2D eigenvalue weighted by molar-refractivity contribution is 6.32. The number of aliphatic carboxylic acids is 1. The summed E-state index contributed by atoms with van der Waals surface area (Å²) in [6.45, 7) is 3.70. The second kappa shape index (κ2) is 23.8. The number of nitrogens with two attached hydrogens (primary N) is 1. The lowest BCUT2D eigenvalue weighted by Crippen LogP contribution is -2.59. The molecule has 6 unspecified atom stereocenters. The Labute approximate surface area is 470 Å². The molecule has 7 amide bonds. The van der Waals surface area contributed by atoms with E-state index < -0.39 is 142 Å². The Bertz CT molecular complexity index is 3400. The Balaban J connectivity index is 1.37. The maximum absolute atomic E-state index is 15.5. The van der Waals surface area contributed by atoms with Crippen LogP contribution in [0.5, 0.6) is 46.0 Å². The fourth-order valence-electron chi connectivity index (χ4n) is 9.53. The van der Waals surface area contributed by atoms with Gasteiger partial charge in [0.2, 0.25) is 47.1 Å². The molecule has 0 aromatic heterocycles. The predicted molar refractivity (Wildman–Crippen MR) is 285 cm³/mol. The molecule has 5 aromatic rings. The molecule has 5 aliphatic rings. The van der Waals surface area contributed by atoms with Crippen molar-refractivity contribution >= 4 is 70.5 Å². The van der Waals surface area contributed by atoms with Crippen LogP contribution in [-0.2, 0) is 38.4 Å². The number of hydrogen-bond acceptors (Lipinski definition) is 17. The van der Waals surface area contributed by atoms with Gasteiger partial charge in [-0.05, 0) is 96.2 Å². The van der Waals surface area contributed by atoms with E-state index in [0.29, 0.717) is 0 Å². The number of carboxylic acids is 1. The van der Waals surface area contributed by atoms with Gasteiger partial charge in [0, 0.05) is 22.8 Å². The average molecular weight is 1160 g/mol. The van der Waals surface area contributed by atoms with Gasteiger partial charge in [-0.25, -0.2) is 4.79 Å². The number of hydrogen-bond donors (Lipinski definition) is 14. The number of carboxylic acid groups (broad SMARTS) is 1. The summed E-state index contributed by atoms with van der Waals surface area (Å²) in [4.78, 5) is 114. The summed E-state index contributed by atoms with van der Waals surface area (Å²) in [7, 11) is 2.73. The molecule has 10 rings (SSSR count). The molecule has 0 spiro atoms. The van der Waals surface area contributed by atoms with Crippen LogP contribution in [0.3, 0.4) is 0 Å². The summed E-state index contributed by atoms with van der Waals surface area (Å²) in [5.74, 6) is -13.4. The van der Waals surface area contributed by atoms with E-state index in [9.17, 15) is 59.4 Å². The topological polar surface area (TPSA) is 396 Å². The van der Waals surface area contributed by atoms with Crippen LogP contribution in [0, 0.1) is 5.92 Å². The zero-order chi connectivity index (χ0) is 58.9. The molecule has 11 bridgehead atoms.